The molecule has 3 heteroatoms. The average molecular weight is 308 g/mol. The van der Waals surface area contributed by atoms with Crippen LogP contribution in [0.15, 0.2) is 42.5 Å². The summed E-state index contributed by atoms with van der Waals surface area (Å²) in [5, 5.41) is 6.04. The van der Waals surface area contributed by atoms with Gasteiger partial charge in [0.05, 0.1) is 6.04 Å². The summed E-state index contributed by atoms with van der Waals surface area (Å²) in [6.45, 7) is 4.15. The molecule has 0 bridgehead atoms. The molecule has 2 aromatic rings. The fraction of sp³-hybridized carbons (Fsp3) is 0.350. The molecule has 1 aliphatic carbocycles. The van der Waals surface area contributed by atoms with E-state index in [-0.39, 0.29) is 12.1 Å². The summed E-state index contributed by atoms with van der Waals surface area (Å²) in [7, 11) is 0. The largest absolute Gasteiger partial charge is 0.331 e. The van der Waals surface area contributed by atoms with Gasteiger partial charge >= 0.3 is 6.03 Å². The number of nitrogens with one attached hydrogen (secondary N) is 2. The molecule has 1 unspecified atom stereocenters. The first-order chi connectivity index (χ1) is 11.2. The molecule has 3 rings (SSSR count). The number of carbonyl (C=O) groups is 1. The third-order valence-corrected chi connectivity index (χ3v) is 4.55. The van der Waals surface area contributed by atoms with E-state index in [4.69, 9.17) is 0 Å². The van der Waals surface area contributed by atoms with Crippen molar-refractivity contribution in [1.29, 1.82) is 0 Å². The third kappa shape index (κ3) is 3.73. The van der Waals surface area contributed by atoms with Gasteiger partial charge in [-0.25, -0.2) is 4.79 Å². The van der Waals surface area contributed by atoms with Crippen LogP contribution in [0.5, 0.6) is 0 Å². The van der Waals surface area contributed by atoms with Crippen molar-refractivity contribution >= 4 is 11.7 Å². The predicted octanol–water partition coefficient (Wildman–Crippen LogP) is 4.76. The van der Waals surface area contributed by atoms with Crippen molar-refractivity contribution in [1.82, 2.24) is 5.32 Å². The molecule has 0 radical (unpaired) electrons. The number of anilines is 1. The zero-order chi connectivity index (χ0) is 16.2. The number of carbonyl (C=O) groups excluding carboxylic acids is 1. The van der Waals surface area contributed by atoms with Gasteiger partial charge in [-0.1, -0.05) is 42.8 Å². The third-order valence-electron chi connectivity index (χ3n) is 4.55. The Morgan fingerprint density at radius 2 is 1.83 bits per heavy atom. The second-order valence-corrected chi connectivity index (χ2v) is 6.31. The number of rotatable bonds is 4. The molecule has 0 saturated heterocycles. The Hall–Kier alpha value is -2.29. The Labute approximate surface area is 138 Å². The molecule has 0 spiro atoms. The highest BCUT2D eigenvalue weighted by molar-refractivity contribution is 5.89. The van der Waals surface area contributed by atoms with E-state index in [0.29, 0.717) is 0 Å². The maximum atomic E-state index is 12.3. The van der Waals surface area contributed by atoms with E-state index in [1.807, 2.05) is 6.07 Å². The molecule has 0 heterocycles. The van der Waals surface area contributed by atoms with Crippen molar-refractivity contribution in [3.8, 4) is 0 Å². The molecule has 2 amide bonds. The second-order valence-electron chi connectivity index (χ2n) is 6.31. The lowest BCUT2D eigenvalue weighted by Crippen LogP contribution is -2.32. The Balaban J connectivity index is 1.64. The summed E-state index contributed by atoms with van der Waals surface area (Å²) in [5.74, 6) is 0. The van der Waals surface area contributed by atoms with Crippen LogP contribution in [0.25, 0.3) is 0 Å². The van der Waals surface area contributed by atoms with Crippen LogP contribution < -0.4 is 10.6 Å². The molecule has 0 aliphatic heterocycles. The van der Waals surface area contributed by atoms with Gasteiger partial charge in [0, 0.05) is 5.69 Å². The van der Waals surface area contributed by atoms with Gasteiger partial charge in [0.25, 0.3) is 0 Å². The maximum Gasteiger partial charge on any atom is 0.319 e. The highest BCUT2D eigenvalue weighted by atomic mass is 16.2. The van der Waals surface area contributed by atoms with Crippen molar-refractivity contribution in [2.75, 3.05) is 5.32 Å². The number of fused-ring (bicyclic) bond motifs is 1. The Kier molecular flexibility index (Phi) is 4.65. The van der Waals surface area contributed by atoms with Crippen molar-refractivity contribution in [3.63, 3.8) is 0 Å². The lowest BCUT2D eigenvalue weighted by Gasteiger charge is -2.18. The number of benzene rings is 2. The zero-order valence-electron chi connectivity index (χ0n) is 13.9. The topological polar surface area (TPSA) is 41.1 Å². The van der Waals surface area contributed by atoms with Crippen molar-refractivity contribution in [3.05, 3.63) is 64.7 Å². The molecule has 2 N–H and O–H groups in total. The normalized spacial score (nSPS) is 14.2. The molecular weight excluding hydrogens is 284 g/mol. The molecular formula is C20H24N2O. The smallest absolute Gasteiger partial charge is 0.319 e. The molecule has 2 aromatic carbocycles. The molecule has 3 nitrogen and oxygen atoms in total. The summed E-state index contributed by atoms with van der Waals surface area (Å²) in [4.78, 5) is 12.3. The van der Waals surface area contributed by atoms with Gasteiger partial charge in [-0.2, -0.15) is 0 Å². The van der Waals surface area contributed by atoms with Crippen molar-refractivity contribution < 1.29 is 4.79 Å². The van der Waals surface area contributed by atoms with Gasteiger partial charge in [-0.05, 0) is 61.4 Å². The van der Waals surface area contributed by atoms with Gasteiger partial charge in [-0.3, -0.25) is 0 Å². The minimum absolute atomic E-state index is 0.0324. The zero-order valence-corrected chi connectivity index (χ0v) is 13.9. The molecule has 0 fully saturated rings. The van der Waals surface area contributed by atoms with Crippen LogP contribution in [0, 0.1) is 6.92 Å². The summed E-state index contributed by atoms with van der Waals surface area (Å²) in [6, 6.07) is 14.5. The number of hydrogen-bond donors (Lipinski definition) is 2. The fourth-order valence-corrected chi connectivity index (χ4v) is 3.19. The summed E-state index contributed by atoms with van der Waals surface area (Å²) < 4.78 is 0. The van der Waals surface area contributed by atoms with Gasteiger partial charge in [0.1, 0.15) is 0 Å². The number of amides is 2. The average Bonchev–Trinajstić information content (AvgIpc) is 3.01. The van der Waals surface area contributed by atoms with Crippen molar-refractivity contribution in [2.45, 2.75) is 45.6 Å². The molecule has 1 atom stereocenters. The van der Waals surface area contributed by atoms with Crippen LogP contribution in [-0.2, 0) is 12.8 Å². The van der Waals surface area contributed by atoms with Crippen molar-refractivity contribution in [2.24, 2.45) is 0 Å². The number of aryl methyl sites for hydroxylation is 3. The van der Waals surface area contributed by atoms with Crippen LogP contribution >= 0.6 is 0 Å². The van der Waals surface area contributed by atoms with E-state index < -0.39 is 0 Å². The monoisotopic (exact) mass is 308 g/mol. The number of urea groups is 1. The first kappa shape index (κ1) is 15.6. The minimum atomic E-state index is -0.143. The minimum Gasteiger partial charge on any atom is -0.331 e. The molecule has 23 heavy (non-hydrogen) atoms. The van der Waals surface area contributed by atoms with Crippen LogP contribution in [0.3, 0.4) is 0 Å². The van der Waals surface area contributed by atoms with E-state index in [1.165, 1.54) is 23.1 Å². The lowest BCUT2D eigenvalue weighted by atomic mass is 10.0. The molecule has 0 aromatic heterocycles. The highest BCUT2D eigenvalue weighted by Crippen LogP contribution is 2.25. The van der Waals surface area contributed by atoms with Gasteiger partial charge < -0.3 is 10.6 Å². The van der Waals surface area contributed by atoms with Gasteiger partial charge in [0.15, 0.2) is 0 Å². The molecule has 1 aliphatic rings. The first-order valence-corrected chi connectivity index (χ1v) is 8.41. The standard InChI is InChI=1S/C20H24N2O/c1-3-19(16-9-7-14(2)8-10-16)22-20(23)21-18-12-11-15-5-4-6-17(15)13-18/h7-13,19H,3-6H2,1-2H3,(H2,21,22,23). The van der Waals surface area contributed by atoms with Crippen LogP contribution in [0.4, 0.5) is 10.5 Å². The summed E-state index contributed by atoms with van der Waals surface area (Å²) in [6.07, 6.45) is 4.36. The maximum absolute atomic E-state index is 12.3. The van der Waals surface area contributed by atoms with E-state index >= 15 is 0 Å². The summed E-state index contributed by atoms with van der Waals surface area (Å²) >= 11 is 0. The molecule has 120 valence electrons. The second kappa shape index (κ2) is 6.86. The predicted molar refractivity (Wildman–Crippen MR) is 94.8 cm³/mol. The summed E-state index contributed by atoms with van der Waals surface area (Å²) in [5.41, 5.74) is 6.03. The Morgan fingerprint density at radius 1 is 1.09 bits per heavy atom. The van der Waals surface area contributed by atoms with E-state index in [0.717, 1.165) is 30.5 Å². The highest BCUT2D eigenvalue weighted by Gasteiger charge is 2.14. The van der Waals surface area contributed by atoms with Crippen LogP contribution in [0.1, 0.15) is 48.1 Å². The van der Waals surface area contributed by atoms with E-state index in [9.17, 15) is 4.79 Å². The fourth-order valence-electron chi connectivity index (χ4n) is 3.19. The quantitative estimate of drug-likeness (QED) is 0.840. The Bertz CT molecular complexity index is 691. The van der Waals surface area contributed by atoms with E-state index in [2.05, 4.69) is 60.9 Å². The van der Waals surface area contributed by atoms with Crippen LogP contribution in [-0.4, -0.2) is 6.03 Å². The Morgan fingerprint density at radius 3 is 2.57 bits per heavy atom. The van der Waals surface area contributed by atoms with E-state index in [1.54, 1.807) is 0 Å². The lowest BCUT2D eigenvalue weighted by molar-refractivity contribution is 0.248. The van der Waals surface area contributed by atoms with Gasteiger partial charge in [0.2, 0.25) is 0 Å². The van der Waals surface area contributed by atoms with Gasteiger partial charge in [-0.15, -0.1) is 0 Å². The van der Waals surface area contributed by atoms with Crippen LogP contribution in [0.2, 0.25) is 0 Å². The first-order valence-electron chi connectivity index (χ1n) is 8.41. The SMILES string of the molecule is CCC(NC(=O)Nc1ccc2c(c1)CCC2)c1ccc(C)cc1. The number of hydrogen-bond acceptors (Lipinski definition) is 1. The molecule has 0 saturated carbocycles.